The van der Waals surface area contributed by atoms with Crippen molar-refractivity contribution in [2.24, 2.45) is 0 Å². The second-order valence-corrected chi connectivity index (χ2v) is 8.00. The van der Waals surface area contributed by atoms with Gasteiger partial charge in [0.15, 0.2) is 0 Å². The Bertz CT molecular complexity index is 1240. The lowest BCUT2D eigenvalue weighted by Gasteiger charge is -2.24. The number of nitrogens with zero attached hydrogens (tertiary/aromatic N) is 2. The van der Waals surface area contributed by atoms with E-state index in [2.05, 4.69) is 29.2 Å². The van der Waals surface area contributed by atoms with Gasteiger partial charge in [0.25, 0.3) is 5.91 Å². The number of hydroxylamine groups is 1. The maximum absolute atomic E-state index is 12.5. The Morgan fingerprint density at radius 2 is 1.67 bits per heavy atom. The number of benzene rings is 3. The Morgan fingerprint density at radius 3 is 2.36 bits per heavy atom. The summed E-state index contributed by atoms with van der Waals surface area (Å²) in [6.07, 6.45) is 3.31. The first kappa shape index (κ1) is 22.3. The van der Waals surface area contributed by atoms with Gasteiger partial charge in [0.1, 0.15) is 5.75 Å². The molecule has 1 heterocycles. The smallest absolute Gasteiger partial charge is 0.278 e. The molecule has 0 atom stereocenters. The molecule has 4 aromatic rings. The minimum atomic E-state index is -0.587. The summed E-state index contributed by atoms with van der Waals surface area (Å²) >= 11 is 0. The van der Waals surface area contributed by atoms with Gasteiger partial charge in [-0.1, -0.05) is 48.5 Å². The molecule has 0 aliphatic heterocycles. The normalized spacial score (nSPS) is 10.8. The number of methoxy groups -OCH3 is 1. The van der Waals surface area contributed by atoms with E-state index >= 15 is 0 Å². The number of fused-ring (bicyclic) bond motifs is 1. The van der Waals surface area contributed by atoms with Crippen molar-refractivity contribution in [2.75, 3.05) is 19.1 Å². The third-order valence-electron chi connectivity index (χ3n) is 5.76. The van der Waals surface area contributed by atoms with E-state index in [1.807, 2.05) is 60.5 Å². The van der Waals surface area contributed by atoms with Crippen molar-refractivity contribution in [3.8, 4) is 5.75 Å². The predicted octanol–water partition coefficient (Wildman–Crippen LogP) is 4.78. The van der Waals surface area contributed by atoms with E-state index in [9.17, 15) is 10.0 Å². The highest BCUT2D eigenvalue weighted by Gasteiger charge is 2.19. The molecule has 6 heteroatoms. The van der Waals surface area contributed by atoms with Crippen LogP contribution in [0.5, 0.6) is 5.75 Å². The summed E-state index contributed by atoms with van der Waals surface area (Å²) in [5, 5.41) is 10.2. The number of nitrogens with one attached hydrogen (secondary N) is 1. The fourth-order valence-electron chi connectivity index (χ4n) is 4.04. The van der Waals surface area contributed by atoms with Crippen LogP contribution in [0.25, 0.3) is 10.9 Å². The molecule has 0 spiro atoms. The van der Waals surface area contributed by atoms with Crippen LogP contribution in [-0.2, 0) is 19.4 Å². The molecule has 168 valence electrons. The zero-order valence-electron chi connectivity index (χ0n) is 18.8. The average Bonchev–Trinajstić information content (AvgIpc) is 2.87. The molecule has 2 N–H and O–H groups in total. The summed E-state index contributed by atoms with van der Waals surface area (Å²) in [5.74, 6) is 0.204. The lowest BCUT2D eigenvalue weighted by atomic mass is 10.0. The molecular weight excluding hydrogens is 414 g/mol. The molecule has 0 radical (unpaired) electrons. The molecule has 1 amide bonds. The SMILES string of the molecule is COc1ccc(CN(C)c2c(C(=O)NO)cnc3ccc(CCc4ccccc4)cc23)cc1. The number of ether oxygens (including phenoxy) is 1. The van der Waals surface area contributed by atoms with Crippen LogP contribution in [0.4, 0.5) is 5.69 Å². The van der Waals surface area contributed by atoms with Gasteiger partial charge < -0.3 is 9.64 Å². The highest BCUT2D eigenvalue weighted by Crippen LogP contribution is 2.31. The number of hydrogen-bond donors (Lipinski definition) is 2. The van der Waals surface area contributed by atoms with E-state index in [0.29, 0.717) is 12.1 Å². The number of aromatic nitrogens is 1. The molecule has 33 heavy (non-hydrogen) atoms. The number of aryl methyl sites for hydroxylation is 2. The molecule has 0 aliphatic rings. The summed E-state index contributed by atoms with van der Waals surface area (Å²) in [7, 11) is 3.57. The first-order chi connectivity index (χ1) is 16.1. The Balaban J connectivity index is 1.70. The van der Waals surface area contributed by atoms with E-state index < -0.39 is 5.91 Å². The van der Waals surface area contributed by atoms with Crippen molar-refractivity contribution >= 4 is 22.5 Å². The number of rotatable bonds is 8. The molecule has 0 saturated carbocycles. The Hall–Kier alpha value is -3.90. The second-order valence-electron chi connectivity index (χ2n) is 8.00. The monoisotopic (exact) mass is 441 g/mol. The van der Waals surface area contributed by atoms with Crippen molar-refractivity contribution in [1.29, 1.82) is 0 Å². The summed E-state index contributed by atoms with van der Waals surface area (Å²) in [6, 6.07) is 24.3. The molecule has 3 aromatic carbocycles. The van der Waals surface area contributed by atoms with E-state index in [0.717, 1.165) is 46.3 Å². The van der Waals surface area contributed by atoms with E-state index in [4.69, 9.17) is 4.74 Å². The minimum Gasteiger partial charge on any atom is -0.497 e. The van der Waals surface area contributed by atoms with E-state index in [1.54, 1.807) is 12.6 Å². The van der Waals surface area contributed by atoms with Gasteiger partial charge in [0.2, 0.25) is 0 Å². The minimum absolute atomic E-state index is 0.321. The van der Waals surface area contributed by atoms with Crippen LogP contribution in [-0.4, -0.2) is 30.3 Å². The summed E-state index contributed by atoms with van der Waals surface area (Å²) in [4.78, 5) is 18.9. The summed E-state index contributed by atoms with van der Waals surface area (Å²) in [6.45, 7) is 0.572. The fourth-order valence-corrected chi connectivity index (χ4v) is 4.04. The predicted molar refractivity (Wildman–Crippen MR) is 130 cm³/mol. The standard InChI is InChI=1S/C27H27N3O3/c1-30(18-21-10-13-22(33-2)14-11-21)26-23-16-20(9-8-19-6-4-3-5-7-19)12-15-25(23)28-17-24(26)27(31)29-32/h3-7,10-17,32H,8-9,18H2,1-2H3,(H,29,31). The maximum Gasteiger partial charge on any atom is 0.278 e. The molecule has 0 bridgehead atoms. The van der Waals surface area contributed by atoms with Crippen LogP contribution in [0.15, 0.2) is 79.0 Å². The largest absolute Gasteiger partial charge is 0.497 e. The van der Waals surface area contributed by atoms with Gasteiger partial charge in [0, 0.05) is 25.2 Å². The average molecular weight is 442 g/mol. The zero-order valence-corrected chi connectivity index (χ0v) is 18.8. The van der Waals surface area contributed by atoms with Gasteiger partial charge in [-0.3, -0.25) is 15.0 Å². The van der Waals surface area contributed by atoms with Gasteiger partial charge in [0.05, 0.1) is 23.9 Å². The molecule has 0 aliphatic carbocycles. The highest BCUT2D eigenvalue weighted by molar-refractivity contribution is 6.07. The van der Waals surface area contributed by atoms with Crippen LogP contribution < -0.4 is 15.1 Å². The van der Waals surface area contributed by atoms with E-state index in [1.165, 1.54) is 11.8 Å². The molecule has 0 fully saturated rings. The highest BCUT2D eigenvalue weighted by atomic mass is 16.5. The molecular formula is C27H27N3O3. The number of carbonyl (C=O) groups is 1. The number of pyridine rings is 1. The second kappa shape index (κ2) is 10.1. The van der Waals surface area contributed by atoms with Crippen molar-refractivity contribution in [3.63, 3.8) is 0 Å². The van der Waals surface area contributed by atoms with Crippen LogP contribution in [0.1, 0.15) is 27.0 Å². The lowest BCUT2D eigenvalue weighted by Crippen LogP contribution is -2.25. The van der Waals surface area contributed by atoms with Crippen molar-refractivity contribution < 1.29 is 14.7 Å². The Kier molecular flexibility index (Phi) is 6.86. The van der Waals surface area contributed by atoms with Gasteiger partial charge in [-0.05, 0) is 53.8 Å². The summed E-state index contributed by atoms with van der Waals surface area (Å²) in [5.41, 5.74) is 7.11. The Morgan fingerprint density at radius 1 is 0.970 bits per heavy atom. The first-order valence-corrected chi connectivity index (χ1v) is 10.8. The van der Waals surface area contributed by atoms with Gasteiger partial charge in [-0.15, -0.1) is 0 Å². The molecule has 1 aromatic heterocycles. The molecule has 0 unspecified atom stereocenters. The lowest BCUT2D eigenvalue weighted by molar-refractivity contribution is 0.0706. The van der Waals surface area contributed by atoms with E-state index in [-0.39, 0.29) is 0 Å². The van der Waals surface area contributed by atoms with Crippen molar-refractivity contribution in [3.05, 3.63) is 101 Å². The number of amides is 1. The van der Waals surface area contributed by atoms with Crippen molar-refractivity contribution in [1.82, 2.24) is 10.5 Å². The van der Waals surface area contributed by atoms with Crippen LogP contribution in [0.2, 0.25) is 0 Å². The fraction of sp³-hybridized carbons (Fsp3) is 0.185. The first-order valence-electron chi connectivity index (χ1n) is 10.8. The third kappa shape index (κ3) is 5.13. The molecule has 4 rings (SSSR count). The van der Waals surface area contributed by atoms with Crippen molar-refractivity contribution in [2.45, 2.75) is 19.4 Å². The Labute approximate surface area is 193 Å². The van der Waals surface area contributed by atoms with Crippen LogP contribution in [0.3, 0.4) is 0 Å². The zero-order chi connectivity index (χ0) is 23.2. The topological polar surface area (TPSA) is 74.7 Å². The van der Waals surface area contributed by atoms with Gasteiger partial charge >= 0.3 is 0 Å². The molecule has 6 nitrogen and oxygen atoms in total. The quantitative estimate of drug-likeness (QED) is 0.304. The number of anilines is 1. The van der Waals surface area contributed by atoms with Crippen LogP contribution in [0, 0.1) is 0 Å². The van der Waals surface area contributed by atoms with Crippen LogP contribution >= 0.6 is 0 Å². The molecule has 0 saturated heterocycles. The third-order valence-corrected chi connectivity index (χ3v) is 5.76. The summed E-state index contributed by atoms with van der Waals surface area (Å²) < 4.78 is 5.25. The maximum atomic E-state index is 12.5. The number of hydrogen-bond acceptors (Lipinski definition) is 5. The number of carbonyl (C=O) groups excluding carboxylic acids is 1. The van der Waals surface area contributed by atoms with Gasteiger partial charge in [-0.2, -0.15) is 0 Å². The van der Waals surface area contributed by atoms with Gasteiger partial charge in [-0.25, -0.2) is 5.48 Å².